The number of esters is 1. The van der Waals surface area contributed by atoms with Crippen molar-refractivity contribution in [3.05, 3.63) is 0 Å². The molecule has 1 aliphatic heterocycles. The van der Waals surface area contributed by atoms with E-state index in [-0.39, 0.29) is 24.7 Å². The SMILES string of the molecule is CCOC(=O)C(C(=O)NC1CCOC1C1CC1)C(C)(C)C. The molecular formula is C16H27NO4. The van der Waals surface area contributed by atoms with E-state index in [1.54, 1.807) is 6.92 Å². The zero-order chi connectivity index (χ0) is 15.6. The predicted molar refractivity (Wildman–Crippen MR) is 78.6 cm³/mol. The number of carbonyl (C=O) groups excluding carboxylic acids is 2. The molecule has 1 amide bonds. The maximum Gasteiger partial charge on any atom is 0.319 e. The first kappa shape index (κ1) is 16.3. The highest BCUT2D eigenvalue weighted by Gasteiger charge is 2.44. The summed E-state index contributed by atoms with van der Waals surface area (Å²) in [6, 6.07) is 0.0317. The van der Waals surface area contributed by atoms with Gasteiger partial charge in [-0.15, -0.1) is 0 Å². The fourth-order valence-electron chi connectivity index (χ4n) is 3.00. The van der Waals surface area contributed by atoms with Gasteiger partial charge in [0, 0.05) is 6.61 Å². The molecule has 0 radical (unpaired) electrons. The molecule has 1 saturated carbocycles. The Morgan fingerprint density at radius 1 is 1.29 bits per heavy atom. The van der Waals surface area contributed by atoms with E-state index in [0.717, 1.165) is 6.42 Å². The van der Waals surface area contributed by atoms with Gasteiger partial charge in [-0.25, -0.2) is 0 Å². The summed E-state index contributed by atoms with van der Waals surface area (Å²) in [7, 11) is 0. The van der Waals surface area contributed by atoms with Crippen molar-refractivity contribution in [1.29, 1.82) is 0 Å². The summed E-state index contributed by atoms with van der Waals surface area (Å²) < 4.78 is 10.8. The molecule has 0 aromatic heterocycles. The van der Waals surface area contributed by atoms with Crippen LogP contribution in [0, 0.1) is 17.3 Å². The van der Waals surface area contributed by atoms with Crippen LogP contribution in [0.5, 0.6) is 0 Å². The Morgan fingerprint density at radius 3 is 2.48 bits per heavy atom. The summed E-state index contributed by atoms with van der Waals surface area (Å²) in [4.78, 5) is 24.7. The maximum absolute atomic E-state index is 12.6. The molecule has 1 aliphatic carbocycles. The molecule has 2 aliphatic rings. The van der Waals surface area contributed by atoms with Crippen molar-refractivity contribution < 1.29 is 19.1 Å². The first-order valence-electron chi connectivity index (χ1n) is 7.93. The molecule has 2 rings (SSSR count). The normalized spacial score (nSPS) is 27.2. The van der Waals surface area contributed by atoms with E-state index in [1.165, 1.54) is 12.8 Å². The van der Waals surface area contributed by atoms with E-state index in [2.05, 4.69) is 5.32 Å². The van der Waals surface area contributed by atoms with Gasteiger partial charge in [0.25, 0.3) is 0 Å². The fourth-order valence-corrected chi connectivity index (χ4v) is 3.00. The first-order valence-corrected chi connectivity index (χ1v) is 7.93. The van der Waals surface area contributed by atoms with Crippen LogP contribution in [0.25, 0.3) is 0 Å². The fraction of sp³-hybridized carbons (Fsp3) is 0.875. The van der Waals surface area contributed by atoms with Gasteiger partial charge in [0.1, 0.15) is 5.92 Å². The number of ether oxygens (including phenoxy) is 2. The molecule has 0 aromatic rings. The molecule has 2 fully saturated rings. The number of nitrogens with one attached hydrogen (secondary N) is 1. The van der Waals surface area contributed by atoms with Gasteiger partial charge < -0.3 is 14.8 Å². The smallest absolute Gasteiger partial charge is 0.319 e. The lowest BCUT2D eigenvalue weighted by atomic mass is 9.80. The van der Waals surface area contributed by atoms with Crippen molar-refractivity contribution in [3.63, 3.8) is 0 Å². The summed E-state index contributed by atoms with van der Waals surface area (Å²) >= 11 is 0. The highest BCUT2D eigenvalue weighted by atomic mass is 16.5. The lowest BCUT2D eigenvalue weighted by Gasteiger charge is -2.29. The summed E-state index contributed by atoms with van der Waals surface area (Å²) in [6.45, 7) is 8.39. The van der Waals surface area contributed by atoms with Gasteiger partial charge in [-0.3, -0.25) is 9.59 Å². The Morgan fingerprint density at radius 2 is 1.95 bits per heavy atom. The van der Waals surface area contributed by atoms with E-state index in [9.17, 15) is 9.59 Å². The number of amides is 1. The van der Waals surface area contributed by atoms with Crippen LogP contribution >= 0.6 is 0 Å². The summed E-state index contributed by atoms with van der Waals surface area (Å²) in [5, 5.41) is 3.03. The van der Waals surface area contributed by atoms with Crippen molar-refractivity contribution in [2.45, 2.75) is 59.1 Å². The molecule has 120 valence electrons. The molecular weight excluding hydrogens is 270 g/mol. The monoisotopic (exact) mass is 297 g/mol. The molecule has 1 heterocycles. The van der Waals surface area contributed by atoms with Crippen LogP contribution in [0.1, 0.15) is 47.0 Å². The molecule has 0 bridgehead atoms. The Kier molecular flexibility index (Phi) is 4.91. The van der Waals surface area contributed by atoms with E-state index in [1.807, 2.05) is 20.8 Å². The minimum atomic E-state index is -0.780. The van der Waals surface area contributed by atoms with Crippen molar-refractivity contribution in [1.82, 2.24) is 5.32 Å². The molecule has 5 nitrogen and oxygen atoms in total. The molecule has 1 N–H and O–H groups in total. The summed E-state index contributed by atoms with van der Waals surface area (Å²) in [6.07, 6.45) is 3.30. The molecule has 3 atom stereocenters. The van der Waals surface area contributed by atoms with E-state index >= 15 is 0 Å². The Bertz CT molecular complexity index is 398. The van der Waals surface area contributed by atoms with Gasteiger partial charge in [-0.2, -0.15) is 0 Å². The van der Waals surface area contributed by atoms with Crippen LogP contribution in [-0.2, 0) is 19.1 Å². The van der Waals surface area contributed by atoms with Gasteiger partial charge in [-0.05, 0) is 37.5 Å². The maximum atomic E-state index is 12.6. The van der Waals surface area contributed by atoms with Crippen molar-refractivity contribution in [3.8, 4) is 0 Å². The Hall–Kier alpha value is -1.10. The highest BCUT2D eigenvalue weighted by Crippen LogP contribution is 2.39. The van der Waals surface area contributed by atoms with Gasteiger partial charge >= 0.3 is 5.97 Å². The van der Waals surface area contributed by atoms with Crippen molar-refractivity contribution in [2.24, 2.45) is 17.3 Å². The van der Waals surface area contributed by atoms with E-state index < -0.39 is 17.3 Å². The number of hydrogen-bond acceptors (Lipinski definition) is 4. The molecule has 0 aromatic carbocycles. The average Bonchev–Trinajstić information content (AvgIpc) is 3.09. The second-order valence-electron chi connectivity index (χ2n) is 7.13. The Balaban J connectivity index is 2.02. The number of hydrogen-bond donors (Lipinski definition) is 1. The van der Waals surface area contributed by atoms with Crippen LogP contribution in [-0.4, -0.2) is 37.2 Å². The lowest BCUT2D eigenvalue weighted by Crippen LogP contribution is -2.49. The third-order valence-electron chi connectivity index (χ3n) is 4.20. The number of carbonyl (C=O) groups is 2. The van der Waals surface area contributed by atoms with Gasteiger partial charge in [-0.1, -0.05) is 20.8 Å². The second-order valence-corrected chi connectivity index (χ2v) is 7.13. The molecule has 0 spiro atoms. The highest BCUT2D eigenvalue weighted by molar-refractivity contribution is 5.98. The van der Waals surface area contributed by atoms with Crippen LogP contribution in [0.2, 0.25) is 0 Å². The van der Waals surface area contributed by atoms with Crippen LogP contribution in [0.3, 0.4) is 0 Å². The van der Waals surface area contributed by atoms with Gasteiger partial charge in [0.15, 0.2) is 0 Å². The molecule has 5 heteroatoms. The zero-order valence-electron chi connectivity index (χ0n) is 13.5. The lowest BCUT2D eigenvalue weighted by molar-refractivity contribution is -0.157. The summed E-state index contributed by atoms with van der Waals surface area (Å²) in [5.41, 5.74) is -0.467. The van der Waals surface area contributed by atoms with E-state index in [0.29, 0.717) is 12.5 Å². The van der Waals surface area contributed by atoms with Gasteiger partial charge in [0.05, 0.1) is 18.8 Å². The molecule has 3 unspecified atom stereocenters. The third-order valence-corrected chi connectivity index (χ3v) is 4.20. The number of rotatable bonds is 5. The minimum Gasteiger partial charge on any atom is -0.465 e. The topological polar surface area (TPSA) is 64.6 Å². The van der Waals surface area contributed by atoms with Crippen LogP contribution in [0.4, 0.5) is 0 Å². The quantitative estimate of drug-likeness (QED) is 0.622. The second kappa shape index (κ2) is 6.34. The predicted octanol–water partition coefficient (Wildman–Crippen LogP) is 1.90. The van der Waals surface area contributed by atoms with Crippen LogP contribution < -0.4 is 5.32 Å². The third kappa shape index (κ3) is 3.96. The van der Waals surface area contributed by atoms with E-state index in [4.69, 9.17) is 9.47 Å². The molecule has 1 saturated heterocycles. The van der Waals surface area contributed by atoms with Crippen molar-refractivity contribution in [2.75, 3.05) is 13.2 Å². The standard InChI is InChI=1S/C16H27NO4/c1-5-20-15(19)12(16(2,3)4)14(18)17-11-8-9-21-13(11)10-6-7-10/h10-13H,5-9H2,1-4H3,(H,17,18). The first-order chi connectivity index (χ1) is 9.84. The van der Waals surface area contributed by atoms with Gasteiger partial charge in [0.2, 0.25) is 5.91 Å². The van der Waals surface area contributed by atoms with Crippen LogP contribution in [0.15, 0.2) is 0 Å². The summed E-state index contributed by atoms with van der Waals surface area (Å²) in [5.74, 6) is -0.877. The molecule has 21 heavy (non-hydrogen) atoms. The minimum absolute atomic E-state index is 0.0317. The van der Waals surface area contributed by atoms with Crippen molar-refractivity contribution >= 4 is 11.9 Å². The zero-order valence-corrected chi connectivity index (χ0v) is 13.5. The Labute approximate surface area is 126 Å². The largest absolute Gasteiger partial charge is 0.465 e. The average molecular weight is 297 g/mol.